The molecule has 0 amide bonds. The summed E-state index contributed by atoms with van der Waals surface area (Å²) in [4.78, 5) is 44.5. The maximum atomic E-state index is 12.3. The van der Waals surface area contributed by atoms with Crippen LogP contribution >= 0.6 is 15.2 Å². The van der Waals surface area contributed by atoms with E-state index in [2.05, 4.69) is 0 Å². The molecule has 0 heterocycles. The Morgan fingerprint density at radius 3 is 1.87 bits per heavy atom. The Balaban J connectivity index is 0.00000722. The summed E-state index contributed by atoms with van der Waals surface area (Å²) in [6.45, 7) is 1.82. The topological polar surface area (TPSA) is 205 Å². The first-order chi connectivity index (χ1) is 17.2. The second-order valence-electron chi connectivity index (χ2n) is 8.86. The van der Waals surface area contributed by atoms with E-state index in [1.54, 1.807) is 13.0 Å². The zero-order valence-electron chi connectivity index (χ0n) is 21.1. The zero-order chi connectivity index (χ0) is 28.0. The molecule has 0 radical (unpaired) electrons. The van der Waals surface area contributed by atoms with E-state index < -0.39 is 26.8 Å². The zero-order valence-corrected chi connectivity index (χ0v) is 24.0. The predicted molar refractivity (Wildman–Crippen MR) is 134 cm³/mol. The van der Waals surface area contributed by atoms with Gasteiger partial charge in [0.2, 0.25) is 0 Å². The van der Waals surface area contributed by atoms with Crippen LogP contribution < -0.4 is 4.89 Å². The molecule has 2 rings (SSSR count). The van der Waals surface area contributed by atoms with Crippen molar-refractivity contribution in [3.63, 3.8) is 0 Å². The van der Waals surface area contributed by atoms with Crippen molar-refractivity contribution in [1.29, 1.82) is 0 Å². The van der Waals surface area contributed by atoms with Gasteiger partial charge in [-0.3, -0.25) is 14.4 Å². The van der Waals surface area contributed by atoms with Crippen LogP contribution in [0.4, 0.5) is 0 Å². The van der Waals surface area contributed by atoms with Gasteiger partial charge in [-0.1, -0.05) is 25.1 Å². The number of rotatable bonds is 14. The van der Waals surface area contributed by atoms with Gasteiger partial charge >= 0.3 is 24.7 Å². The van der Waals surface area contributed by atoms with Gasteiger partial charge in [-0.25, -0.2) is 0 Å². The molecule has 214 valence electrons. The van der Waals surface area contributed by atoms with E-state index in [0.717, 1.165) is 0 Å². The van der Waals surface area contributed by atoms with Gasteiger partial charge in [-0.15, -0.1) is 0 Å². The van der Waals surface area contributed by atoms with Crippen molar-refractivity contribution in [1.82, 2.24) is 9.80 Å². The van der Waals surface area contributed by atoms with Crippen molar-refractivity contribution in [3.05, 3.63) is 58.7 Å². The quantitative estimate of drug-likeness (QED) is 0.118. The molecular weight excluding hydrogens is 582 g/mol. The Labute approximate surface area is 232 Å². The Kier molecular flexibility index (Phi) is 13.6. The normalized spacial score (nSPS) is 15.2. The first kappa shape index (κ1) is 34.7. The monoisotopic (exact) mass is 617 g/mol. The minimum absolute atomic E-state index is 0. The van der Waals surface area contributed by atoms with Crippen LogP contribution in [0, 0.1) is 0 Å². The van der Waals surface area contributed by atoms with E-state index in [4.69, 9.17) is 0 Å². The van der Waals surface area contributed by atoms with Crippen LogP contribution in [0.2, 0.25) is 0 Å². The summed E-state index contributed by atoms with van der Waals surface area (Å²) in [6.07, 6.45) is 0.0454. The molecule has 0 aromatic heterocycles. The molecule has 0 aliphatic carbocycles. The molecule has 0 aliphatic heterocycles. The van der Waals surface area contributed by atoms with Crippen LogP contribution in [0.1, 0.15) is 42.5 Å². The van der Waals surface area contributed by atoms with Crippen molar-refractivity contribution >= 4 is 15.2 Å². The third-order valence-electron chi connectivity index (χ3n) is 6.26. The van der Waals surface area contributed by atoms with Gasteiger partial charge in [0.15, 0.2) is 0 Å². The Morgan fingerprint density at radius 1 is 0.842 bits per heavy atom. The fourth-order valence-electron chi connectivity index (χ4n) is 4.05. The van der Waals surface area contributed by atoms with Crippen molar-refractivity contribution < 1.29 is 66.2 Å². The third kappa shape index (κ3) is 9.71. The van der Waals surface area contributed by atoms with Crippen LogP contribution in [-0.4, -0.2) is 69.6 Å². The SMILES string of the molecule is CCC(N(CCN(Cc1ccc(CO)cc1O)C(C)P(=O)([O-])O)Cc1cc(CO)ccc1O)P(=O)(O)O.[Fe+2]. The van der Waals surface area contributed by atoms with Gasteiger partial charge in [-0.2, -0.15) is 0 Å². The standard InChI is InChI=1S/C23H36N2O10P2.Fe/c1-3-23(37(33,34)35)25(13-20-10-17(14-26)5-7-21(20)28)9-8-24(16(2)36(30,31)32)12-19-6-4-18(15-27)11-22(19)29;/h4-7,10-11,16,23,26-29H,3,8-9,12-15H2,1-2H3,(H2,30,31,32)(H2,33,34,35);/q;+2/p-1. The summed E-state index contributed by atoms with van der Waals surface area (Å²) in [6, 6.07) is 8.78. The first-order valence-corrected chi connectivity index (χ1v) is 14.9. The number of hydrogen-bond acceptors (Lipinski definition) is 9. The smallest absolute Gasteiger partial charge is 0.778 e. The number of aliphatic hydroxyl groups is 2. The average Bonchev–Trinajstić information content (AvgIpc) is 2.82. The van der Waals surface area contributed by atoms with E-state index in [1.165, 1.54) is 47.1 Å². The van der Waals surface area contributed by atoms with Crippen LogP contribution in [0.25, 0.3) is 0 Å². The number of phenolic OH excluding ortho intramolecular Hbond substituents is 2. The maximum absolute atomic E-state index is 12.3. The molecule has 38 heavy (non-hydrogen) atoms. The molecule has 3 atom stereocenters. The molecule has 7 N–H and O–H groups in total. The molecule has 2 aromatic rings. The molecule has 0 fully saturated rings. The summed E-state index contributed by atoms with van der Waals surface area (Å²) in [5.74, 6) is -2.98. The molecule has 0 spiro atoms. The molecule has 2 aromatic carbocycles. The molecule has 0 saturated heterocycles. The number of benzene rings is 2. The fourth-order valence-corrected chi connectivity index (χ4v) is 5.75. The van der Waals surface area contributed by atoms with Gasteiger partial charge in [0.05, 0.1) is 19.0 Å². The van der Waals surface area contributed by atoms with Crippen LogP contribution in [0.3, 0.4) is 0 Å². The molecule has 12 nitrogen and oxygen atoms in total. The van der Waals surface area contributed by atoms with Crippen molar-refractivity contribution in [3.8, 4) is 11.5 Å². The number of aliphatic hydroxyl groups excluding tert-OH is 2. The van der Waals surface area contributed by atoms with E-state index >= 15 is 0 Å². The van der Waals surface area contributed by atoms with Crippen LogP contribution in [0.15, 0.2) is 36.4 Å². The van der Waals surface area contributed by atoms with Gasteiger partial charge in [0, 0.05) is 37.3 Å². The van der Waals surface area contributed by atoms with Crippen molar-refractivity contribution in [2.24, 2.45) is 0 Å². The molecule has 0 bridgehead atoms. The van der Waals surface area contributed by atoms with E-state index in [-0.39, 0.29) is 74.4 Å². The second kappa shape index (κ2) is 14.9. The van der Waals surface area contributed by atoms with E-state index in [0.29, 0.717) is 22.3 Å². The van der Waals surface area contributed by atoms with Crippen molar-refractivity contribution in [2.75, 3.05) is 13.1 Å². The average molecular weight is 617 g/mol. The van der Waals surface area contributed by atoms with Gasteiger partial charge in [0.25, 0.3) is 0 Å². The van der Waals surface area contributed by atoms with Gasteiger partial charge in [-0.05, 0) is 42.7 Å². The number of hydrogen-bond donors (Lipinski definition) is 7. The first-order valence-electron chi connectivity index (χ1n) is 11.6. The minimum atomic E-state index is -4.87. The van der Waals surface area contributed by atoms with E-state index in [9.17, 15) is 49.1 Å². The summed E-state index contributed by atoms with van der Waals surface area (Å²) < 4.78 is 24.3. The predicted octanol–water partition coefficient (Wildman–Crippen LogP) is 1.19. The fraction of sp³-hybridized carbons (Fsp3) is 0.478. The summed E-state index contributed by atoms with van der Waals surface area (Å²) in [5, 5.41) is 39.3. The largest absolute Gasteiger partial charge is 2.00 e. The van der Waals surface area contributed by atoms with Crippen LogP contribution in [-0.2, 0) is 52.5 Å². The molecule has 3 unspecified atom stereocenters. The van der Waals surface area contributed by atoms with Gasteiger partial charge < -0.3 is 44.6 Å². The van der Waals surface area contributed by atoms with Gasteiger partial charge in [0.1, 0.15) is 24.9 Å². The summed E-state index contributed by atoms with van der Waals surface area (Å²) in [5.41, 5.74) is 1.56. The summed E-state index contributed by atoms with van der Waals surface area (Å²) >= 11 is 0. The Morgan fingerprint density at radius 2 is 1.37 bits per heavy atom. The molecule has 15 heteroatoms. The number of nitrogens with zero attached hydrogens (tertiary/aromatic N) is 2. The third-order valence-corrected chi connectivity index (χ3v) is 8.99. The minimum Gasteiger partial charge on any atom is -0.778 e. The Hall–Kier alpha value is -1.30. The number of phenols is 2. The van der Waals surface area contributed by atoms with Crippen LogP contribution in [0.5, 0.6) is 11.5 Å². The molecular formula is C23H35FeN2O10P2+. The van der Waals surface area contributed by atoms with E-state index in [1.807, 2.05) is 0 Å². The Bertz CT molecular complexity index is 1140. The molecule has 0 aliphatic rings. The number of aromatic hydroxyl groups is 2. The maximum Gasteiger partial charge on any atom is 2.00 e. The second-order valence-corrected chi connectivity index (χ2v) is 12.5. The molecule has 0 saturated carbocycles. The van der Waals surface area contributed by atoms with Crippen molar-refractivity contribution in [2.45, 2.75) is 58.1 Å². The summed E-state index contributed by atoms with van der Waals surface area (Å²) in [7, 11) is -9.53.